The van der Waals surface area contributed by atoms with Crippen LogP contribution in [0.2, 0.25) is 0 Å². The monoisotopic (exact) mass is 373 g/mol. The number of carbonyl (C=O) groups is 3. The van der Waals surface area contributed by atoms with Crippen LogP contribution in [0.15, 0.2) is 29.3 Å². The number of ether oxygens (including phenoxy) is 1. The van der Waals surface area contributed by atoms with Gasteiger partial charge < -0.3 is 14.7 Å². The van der Waals surface area contributed by atoms with Crippen LogP contribution in [-0.2, 0) is 9.59 Å². The number of aliphatic carboxylic acids is 1. The fourth-order valence-electron chi connectivity index (χ4n) is 4.27. The number of fused-ring (bicyclic) bond motifs is 1. The van der Waals surface area contributed by atoms with Gasteiger partial charge in [0.2, 0.25) is 5.91 Å². The van der Waals surface area contributed by atoms with Crippen LogP contribution in [0, 0.1) is 5.82 Å². The van der Waals surface area contributed by atoms with Crippen molar-refractivity contribution in [2.24, 2.45) is 0 Å². The van der Waals surface area contributed by atoms with E-state index >= 15 is 0 Å². The zero-order chi connectivity index (χ0) is 19.2. The fraction of sp³-hybridized carbons (Fsp3) is 0.450. The molecule has 0 unspecified atom stereocenters. The average molecular weight is 373 g/mol. The Morgan fingerprint density at radius 1 is 1.15 bits per heavy atom. The molecule has 27 heavy (non-hydrogen) atoms. The van der Waals surface area contributed by atoms with Gasteiger partial charge in [-0.3, -0.25) is 9.59 Å². The van der Waals surface area contributed by atoms with Crippen LogP contribution in [0.3, 0.4) is 0 Å². The highest BCUT2D eigenvalue weighted by Gasteiger charge is 2.44. The molecule has 7 heteroatoms. The molecule has 0 saturated carbocycles. The third-order valence-electron chi connectivity index (χ3n) is 5.75. The first-order valence-corrected chi connectivity index (χ1v) is 9.15. The van der Waals surface area contributed by atoms with Crippen molar-refractivity contribution in [2.75, 3.05) is 13.1 Å². The van der Waals surface area contributed by atoms with Crippen molar-refractivity contribution in [3.05, 3.63) is 40.7 Å². The minimum atomic E-state index is -1.02. The van der Waals surface area contributed by atoms with Gasteiger partial charge in [-0.15, -0.1) is 0 Å². The number of carboxylic acids is 1. The van der Waals surface area contributed by atoms with Crippen LogP contribution in [0.1, 0.15) is 48.9 Å². The molecule has 2 heterocycles. The number of benzene rings is 1. The van der Waals surface area contributed by atoms with Crippen molar-refractivity contribution >= 4 is 17.7 Å². The summed E-state index contributed by atoms with van der Waals surface area (Å²) in [6.45, 7) is 0.804. The first kappa shape index (κ1) is 17.7. The van der Waals surface area contributed by atoms with Gasteiger partial charge in [0.05, 0.1) is 12.0 Å². The second-order valence-electron chi connectivity index (χ2n) is 7.43. The highest BCUT2D eigenvalue weighted by Crippen LogP contribution is 2.40. The van der Waals surface area contributed by atoms with Gasteiger partial charge in [0.15, 0.2) is 5.78 Å². The minimum Gasteiger partial charge on any atom is -0.486 e. The van der Waals surface area contributed by atoms with Crippen LogP contribution in [0.5, 0.6) is 5.75 Å². The van der Waals surface area contributed by atoms with E-state index in [0.717, 1.165) is 0 Å². The van der Waals surface area contributed by atoms with Crippen LogP contribution in [0.25, 0.3) is 0 Å². The van der Waals surface area contributed by atoms with Gasteiger partial charge in [0.25, 0.3) is 0 Å². The van der Waals surface area contributed by atoms with Crippen molar-refractivity contribution in [3.8, 4) is 5.75 Å². The summed E-state index contributed by atoms with van der Waals surface area (Å²) in [5, 5.41) is 9.26. The maximum atomic E-state index is 13.4. The number of piperidine rings is 1. The number of amides is 1. The molecule has 0 aromatic heterocycles. The quantitative estimate of drug-likeness (QED) is 0.862. The van der Waals surface area contributed by atoms with Crippen LogP contribution in [0.4, 0.5) is 4.39 Å². The molecular weight excluding hydrogens is 353 g/mol. The van der Waals surface area contributed by atoms with E-state index in [2.05, 4.69) is 0 Å². The normalized spacial score (nSPS) is 21.2. The molecule has 0 bridgehead atoms. The molecular formula is C20H20FNO5. The number of ketones is 1. The van der Waals surface area contributed by atoms with E-state index in [1.54, 1.807) is 4.90 Å². The number of likely N-dealkylation sites (tertiary alicyclic amines) is 1. The predicted molar refractivity (Wildman–Crippen MR) is 93.0 cm³/mol. The Morgan fingerprint density at radius 3 is 2.56 bits per heavy atom. The molecule has 6 nitrogen and oxygen atoms in total. The molecule has 1 aromatic carbocycles. The second kappa shape index (κ2) is 6.48. The molecule has 1 aromatic rings. The number of carbonyl (C=O) groups excluding carboxylic acids is 2. The van der Waals surface area contributed by atoms with E-state index in [-0.39, 0.29) is 29.2 Å². The van der Waals surface area contributed by atoms with Crippen molar-refractivity contribution < 1.29 is 28.6 Å². The third kappa shape index (κ3) is 3.11. The van der Waals surface area contributed by atoms with E-state index < -0.39 is 17.4 Å². The SMILES string of the molecule is O=C(O)C1=C(C(=O)N2CCC3(CC2)CC(=O)c2cc(F)ccc2O3)CCC1. The van der Waals surface area contributed by atoms with Crippen molar-refractivity contribution in [2.45, 2.75) is 44.1 Å². The maximum Gasteiger partial charge on any atom is 0.332 e. The maximum absolute atomic E-state index is 13.4. The lowest BCUT2D eigenvalue weighted by atomic mass is 9.82. The minimum absolute atomic E-state index is 0.151. The van der Waals surface area contributed by atoms with Crippen molar-refractivity contribution in [3.63, 3.8) is 0 Å². The number of carboxylic acid groups (broad SMARTS) is 1. The molecule has 1 aliphatic carbocycles. The van der Waals surface area contributed by atoms with Gasteiger partial charge >= 0.3 is 5.97 Å². The van der Waals surface area contributed by atoms with Crippen LogP contribution >= 0.6 is 0 Å². The number of Topliss-reactive ketones (excluding diaryl/α,β-unsaturated/α-hetero) is 1. The lowest BCUT2D eigenvalue weighted by molar-refractivity contribution is -0.134. The van der Waals surface area contributed by atoms with Gasteiger partial charge in [-0.05, 0) is 37.5 Å². The summed E-state index contributed by atoms with van der Waals surface area (Å²) in [6, 6.07) is 3.94. The van der Waals surface area contributed by atoms with E-state index in [1.807, 2.05) is 0 Å². The summed E-state index contributed by atoms with van der Waals surface area (Å²) in [7, 11) is 0. The van der Waals surface area contributed by atoms with Gasteiger partial charge in [0.1, 0.15) is 17.2 Å². The highest BCUT2D eigenvalue weighted by molar-refractivity contribution is 6.03. The molecule has 1 amide bonds. The summed E-state index contributed by atoms with van der Waals surface area (Å²) in [4.78, 5) is 38.2. The van der Waals surface area contributed by atoms with Gasteiger partial charge in [-0.25, -0.2) is 9.18 Å². The second-order valence-corrected chi connectivity index (χ2v) is 7.43. The number of nitrogens with zero attached hydrogens (tertiary/aromatic N) is 1. The fourth-order valence-corrected chi connectivity index (χ4v) is 4.27. The molecule has 3 aliphatic rings. The summed E-state index contributed by atoms with van der Waals surface area (Å²) in [6.07, 6.45) is 2.74. The molecule has 1 spiro atoms. The summed E-state index contributed by atoms with van der Waals surface area (Å²) < 4.78 is 19.4. The summed E-state index contributed by atoms with van der Waals surface area (Å²) >= 11 is 0. The zero-order valence-corrected chi connectivity index (χ0v) is 14.8. The molecule has 1 saturated heterocycles. The molecule has 1 fully saturated rings. The van der Waals surface area contributed by atoms with Gasteiger partial charge in [-0.2, -0.15) is 0 Å². The Hall–Kier alpha value is -2.70. The molecule has 2 aliphatic heterocycles. The number of rotatable bonds is 2. The smallest absolute Gasteiger partial charge is 0.332 e. The first-order valence-electron chi connectivity index (χ1n) is 9.15. The average Bonchev–Trinajstić information content (AvgIpc) is 3.13. The Morgan fingerprint density at radius 2 is 1.85 bits per heavy atom. The van der Waals surface area contributed by atoms with Crippen LogP contribution in [-0.4, -0.2) is 46.4 Å². The van der Waals surface area contributed by atoms with Crippen molar-refractivity contribution in [1.29, 1.82) is 0 Å². The lowest BCUT2D eigenvalue weighted by Gasteiger charge is -2.44. The van der Waals surface area contributed by atoms with Crippen LogP contribution < -0.4 is 4.74 Å². The van der Waals surface area contributed by atoms with Crippen molar-refractivity contribution in [1.82, 2.24) is 4.90 Å². The van der Waals surface area contributed by atoms with Gasteiger partial charge in [0, 0.05) is 37.1 Å². The van der Waals surface area contributed by atoms with E-state index in [1.165, 1.54) is 18.2 Å². The van der Waals surface area contributed by atoms with E-state index in [4.69, 9.17) is 4.74 Å². The Bertz CT molecular complexity index is 867. The molecule has 142 valence electrons. The number of halogens is 1. The van der Waals surface area contributed by atoms with Gasteiger partial charge in [-0.1, -0.05) is 0 Å². The molecule has 1 N–H and O–H groups in total. The van der Waals surface area contributed by atoms with E-state index in [0.29, 0.717) is 56.5 Å². The molecule has 4 rings (SSSR count). The Labute approximate surface area is 155 Å². The molecule has 0 atom stereocenters. The number of hydrogen-bond donors (Lipinski definition) is 1. The Kier molecular flexibility index (Phi) is 4.25. The topological polar surface area (TPSA) is 83.9 Å². The summed E-state index contributed by atoms with van der Waals surface area (Å²) in [5.41, 5.74) is 0.208. The summed E-state index contributed by atoms with van der Waals surface area (Å²) in [5.74, 6) is -1.47. The molecule has 0 radical (unpaired) electrons. The third-order valence-corrected chi connectivity index (χ3v) is 5.75. The Balaban J connectivity index is 1.49. The lowest BCUT2D eigenvalue weighted by Crippen LogP contribution is -2.52. The highest BCUT2D eigenvalue weighted by atomic mass is 19.1. The first-order chi connectivity index (χ1) is 12.9. The predicted octanol–water partition coefficient (Wildman–Crippen LogP) is 2.72. The standard InChI is InChI=1S/C20H20FNO5/c21-12-4-5-17-15(10-12)16(23)11-20(27-17)6-8-22(9-7-20)18(24)13-2-1-3-14(13)19(25)26/h4-5,10H,1-3,6-9,11H2,(H,25,26). The number of hydrogen-bond acceptors (Lipinski definition) is 4. The zero-order valence-electron chi connectivity index (χ0n) is 14.8. The van der Waals surface area contributed by atoms with E-state index in [9.17, 15) is 23.9 Å². The largest absolute Gasteiger partial charge is 0.486 e.